The standard InChI is InChI=1S/C13H13N3S/c1-9-4-2-6-11(13(14)17)12(9)16-10-5-3-7-15-8-10/h2-8,16H,1H3,(H2,14,17). The maximum atomic E-state index is 5.71. The highest BCUT2D eigenvalue weighted by Crippen LogP contribution is 2.24. The van der Waals surface area contributed by atoms with Crippen LogP contribution in [0.25, 0.3) is 0 Å². The zero-order valence-electron chi connectivity index (χ0n) is 9.47. The second-order valence-electron chi connectivity index (χ2n) is 3.73. The summed E-state index contributed by atoms with van der Waals surface area (Å²) >= 11 is 5.05. The zero-order chi connectivity index (χ0) is 12.3. The maximum absolute atomic E-state index is 5.71. The molecule has 0 aliphatic heterocycles. The van der Waals surface area contributed by atoms with Crippen LogP contribution in [0, 0.1) is 6.92 Å². The van der Waals surface area contributed by atoms with Crippen LogP contribution in [0.3, 0.4) is 0 Å². The number of nitrogens with one attached hydrogen (secondary N) is 1. The molecule has 1 aromatic carbocycles. The SMILES string of the molecule is Cc1cccc(C(N)=S)c1Nc1cccnc1. The number of rotatable bonds is 3. The van der Waals surface area contributed by atoms with Gasteiger partial charge < -0.3 is 11.1 Å². The van der Waals surface area contributed by atoms with Crippen LogP contribution in [0.15, 0.2) is 42.7 Å². The molecule has 0 aliphatic rings. The van der Waals surface area contributed by atoms with Crippen LogP contribution in [0.1, 0.15) is 11.1 Å². The number of nitrogens with zero attached hydrogens (tertiary/aromatic N) is 1. The number of anilines is 2. The molecule has 2 rings (SSSR count). The number of hydrogen-bond acceptors (Lipinski definition) is 3. The lowest BCUT2D eigenvalue weighted by Gasteiger charge is -2.13. The van der Waals surface area contributed by atoms with E-state index in [1.54, 1.807) is 12.4 Å². The van der Waals surface area contributed by atoms with Gasteiger partial charge in [-0.15, -0.1) is 0 Å². The molecule has 3 nitrogen and oxygen atoms in total. The van der Waals surface area contributed by atoms with Crippen LogP contribution in [0.4, 0.5) is 11.4 Å². The van der Waals surface area contributed by atoms with Crippen molar-refractivity contribution in [3.8, 4) is 0 Å². The molecule has 86 valence electrons. The number of thiocarbonyl (C=S) groups is 1. The van der Waals surface area contributed by atoms with Crippen molar-refractivity contribution in [3.63, 3.8) is 0 Å². The van der Waals surface area contributed by atoms with Crippen molar-refractivity contribution >= 4 is 28.6 Å². The molecule has 0 unspecified atom stereocenters. The van der Waals surface area contributed by atoms with Gasteiger partial charge in [-0.3, -0.25) is 4.98 Å². The van der Waals surface area contributed by atoms with Gasteiger partial charge >= 0.3 is 0 Å². The average Bonchev–Trinajstić information content (AvgIpc) is 2.33. The molecule has 1 aromatic heterocycles. The molecule has 0 saturated carbocycles. The summed E-state index contributed by atoms with van der Waals surface area (Å²) in [6, 6.07) is 9.69. The Labute approximate surface area is 106 Å². The van der Waals surface area contributed by atoms with Crippen molar-refractivity contribution < 1.29 is 0 Å². The van der Waals surface area contributed by atoms with Gasteiger partial charge in [0, 0.05) is 11.8 Å². The summed E-state index contributed by atoms with van der Waals surface area (Å²) in [6.45, 7) is 2.01. The van der Waals surface area contributed by atoms with Gasteiger partial charge in [-0.05, 0) is 30.7 Å². The predicted octanol–water partition coefficient (Wildman–Crippen LogP) is 2.77. The minimum Gasteiger partial charge on any atom is -0.389 e. The van der Waals surface area contributed by atoms with E-state index in [1.807, 2.05) is 37.3 Å². The molecule has 1 heterocycles. The molecule has 0 bridgehead atoms. The number of aryl methyl sites for hydroxylation is 1. The molecule has 2 aromatic rings. The van der Waals surface area contributed by atoms with Gasteiger partial charge in [0.15, 0.2) is 0 Å². The summed E-state index contributed by atoms with van der Waals surface area (Å²) in [5.74, 6) is 0. The molecule has 4 heteroatoms. The lowest BCUT2D eigenvalue weighted by atomic mass is 10.1. The number of para-hydroxylation sites is 1. The molecule has 0 fully saturated rings. The largest absolute Gasteiger partial charge is 0.389 e. The first-order chi connectivity index (χ1) is 8.18. The van der Waals surface area contributed by atoms with Crippen LogP contribution in [-0.2, 0) is 0 Å². The first kappa shape index (κ1) is 11.5. The first-order valence-corrected chi connectivity index (χ1v) is 5.66. The van der Waals surface area contributed by atoms with E-state index in [9.17, 15) is 0 Å². The van der Waals surface area contributed by atoms with Gasteiger partial charge in [0.1, 0.15) is 4.99 Å². The molecule has 0 atom stereocenters. The maximum Gasteiger partial charge on any atom is 0.106 e. The highest BCUT2D eigenvalue weighted by atomic mass is 32.1. The van der Waals surface area contributed by atoms with E-state index in [4.69, 9.17) is 18.0 Å². The van der Waals surface area contributed by atoms with E-state index in [0.717, 1.165) is 22.5 Å². The number of nitrogens with two attached hydrogens (primary N) is 1. The van der Waals surface area contributed by atoms with Crippen molar-refractivity contribution in [2.24, 2.45) is 5.73 Å². The van der Waals surface area contributed by atoms with Crippen molar-refractivity contribution in [2.75, 3.05) is 5.32 Å². The highest BCUT2D eigenvalue weighted by Gasteiger charge is 2.07. The average molecular weight is 243 g/mol. The van der Waals surface area contributed by atoms with Crippen LogP contribution in [0.5, 0.6) is 0 Å². The topological polar surface area (TPSA) is 50.9 Å². The van der Waals surface area contributed by atoms with Gasteiger partial charge in [-0.2, -0.15) is 0 Å². The Morgan fingerprint density at radius 2 is 2.12 bits per heavy atom. The predicted molar refractivity (Wildman–Crippen MR) is 74.6 cm³/mol. The van der Waals surface area contributed by atoms with Gasteiger partial charge in [-0.1, -0.05) is 24.4 Å². The third-order valence-corrected chi connectivity index (χ3v) is 2.69. The van der Waals surface area contributed by atoms with E-state index in [0.29, 0.717) is 4.99 Å². The van der Waals surface area contributed by atoms with E-state index in [2.05, 4.69) is 10.3 Å². The van der Waals surface area contributed by atoms with Crippen LogP contribution in [-0.4, -0.2) is 9.97 Å². The molecule has 0 saturated heterocycles. The zero-order valence-corrected chi connectivity index (χ0v) is 10.3. The molecular weight excluding hydrogens is 230 g/mol. The van der Waals surface area contributed by atoms with E-state index in [-0.39, 0.29) is 0 Å². The minimum absolute atomic E-state index is 0.389. The third kappa shape index (κ3) is 2.60. The van der Waals surface area contributed by atoms with E-state index in [1.165, 1.54) is 0 Å². The summed E-state index contributed by atoms with van der Waals surface area (Å²) in [7, 11) is 0. The monoisotopic (exact) mass is 243 g/mol. The van der Waals surface area contributed by atoms with E-state index < -0.39 is 0 Å². The normalized spacial score (nSPS) is 9.94. The molecule has 0 spiro atoms. The number of pyridine rings is 1. The molecule has 3 N–H and O–H groups in total. The Bertz CT molecular complexity index is 538. The van der Waals surface area contributed by atoms with Crippen molar-refractivity contribution in [2.45, 2.75) is 6.92 Å². The number of hydrogen-bond donors (Lipinski definition) is 2. The number of aromatic nitrogens is 1. The van der Waals surface area contributed by atoms with Crippen molar-refractivity contribution in [1.29, 1.82) is 0 Å². The van der Waals surface area contributed by atoms with Crippen LogP contribution < -0.4 is 11.1 Å². The summed E-state index contributed by atoms with van der Waals surface area (Å²) in [6.07, 6.45) is 3.49. The Morgan fingerprint density at radius 3 is 2.76 bits per heavy atom. The van der Waals surface area contributed by atoms with Crippen LogP contribution in [0.2, 0.25) is 0 Å². The Kier molecular flexibility index (Phi) is 3.35. The number of benzene rings is 1. The molecule has 0 amide bonds. The molecule has 0 aliphatic carbocycles. The van der Waals surface area contributed by atoms with Gasteiger partial charge in [0.05, 0.1) is 17.6 Å². The van der Waals surface area contributed by atoms with Crippen LogP contribution >= 0.6 is 12.2 Å². The second kappa shape index (κ2) is 4.93. The summed E-state index contributed by atoms with van der Waals surface area (Å²) in [5.41, 5.74) is 9.51. The fraction of sp³-hybridized carbons (Fsp3) is 0.0769. The fourth-order valence-corrected chi connectivity index (χ4v) is 1.79. The molecule has 0 radical (unpaired) electrons. The highest BCUT2D eigenvalue weighted by molar-refractivity contribution is 7.80. The van der Waals surface area contributed by atoms with Crippen molar-refractivity contribution in [3.05, 3.63) is 53.9 Å². The van der Waals surface area contributed by atoms with Gasteiger partial charge in [-0.25, -0.2) is 0 Å². The van der Waals surface area contributed by atoms with Crippen molar-refractivity contribution in [1.82, 2.24) is 4.98 Å². The fourth-order valence-electron chi connectivity index (χ4n) is 1.62. The lowest BCUT2D eigenvalue weighted by molar-refractivity contribution is 1.31. The minimum atomic E-state index is 0.389. The Balaban J connectivity index is 2.41. The van der Waals surface area contributed by atoms with Gasteiger partial charge in [0.25, 0.3) is 0 Å². The Hall–Kier alpha value is -1.94. The Morgan fingerprint density at radius 1 is 1.29 bits per heavy atom. The first-order valence-electron chi connectivity index (χ1n) is 5.25. The van der Waals surface area contributed by atoms with E-state index >= 15 is 0 Å². The molecular formula is C13H13N3S. The lowest BCUT2D eigenvalue weighted by Crippen LogP contribution is -2.12. The smallest absolute Gasteiger partial charge is 0.106 e. The summed E-state index contributed by atoms with van der Waals surface area (Å²) in [4.78, 5) is 4.45. The molecule has 17 heavy (non-hydrogen) atoms. The van der Waals surface area contributed by atoms with Gasteiger partial charge in [0.2, 0.25) is 0 Å². The second-order valence-corrected chi connectivity index (χ2v) is 4.17. The summed E-state index contributed by atoms with van der Waals surface area (Å²) < 4.78 is 0. The summed E-state index contributed by atoms with van der Waals surface area (Å²) in [5, 5.41) is 3.29. The quantitative estimate of drug-likeness (QED) is 0.814. The third-order valence-electron chi connectivity index (χ3n) is 2.47.